The molecule has 1 atom stereocenters. The zero-order chi connectivity index (χ0) is 23.4. The largest absolute Gasteiger partial charge is 0.496 e. The summed E-state index contributed by atoms with van der Waals surface area (Å²) in [5, 5.41) is 5.43. The number of carbonyl (C=O) groups is 2. The Balaban J connectivity index is 1.68. The highest BCUT2D eigenvalue weighted by atomic mass is 16.5. The lowest BCUT2D eigenvalue weighted by Gasteiger charge is -2.29. The number of carbonyl (C=O) groups excluding carboxylic acids is 2. The Labute approximate surface area is 193 Å². The maximum absolute atomic E-state index is 13.5. The van der Waals surface area contributed by atoms with E-state index in [0.717, 1.165) is 18.8 Å². The number of Topliss-reactive ketones (excluding diaryl/α,β-unsaturated/α-hetero) is 1. The molecule has 0 bridgehead atoms. The molecule has 2 aromatic rings. The number of rotatable bonds is 7. The number of hydrogen-bond acceptors (Lipinski definition) is 6. The average Bonchev–Trinajstić information content (AvgIpc) is 2.88. The van der Waals surface area contributed by atoms with Crippen molar-refractivity contribution in [1.29, 1.82) is 0 Å². The van der Waals surface area contributed by atoms with E-state index in [-0.39, 0.29) is 5.78 Å². The number of anilines is 1. The summed E-state index contributed by atoms with van der Waals surface area (Å²) < 4.78 is 16.4. The standard InChI is InChI=1S/C25H29N3O5/c1-31-18-13-20(32-2)22(21(14-18)33-3)23-19(15-26-25(30)27-23)24(29)16-7-9-17(10-8-16)28-11-5-4-6-12-28/h7-10,13-15,23H,4-6,11-12H2,1-3H3,(H2,26,27,30). The zero-order valence-electron chi connectivity index (χ0n) is 19.1. The molecule has 0 aromatic heterocycles. The van der Waals surface area contributed by atoms with Crippen molar-refractivity contribution in [3.05, 3.63) is 59.3 Å². The van der Waals surface area contributed by atoms with Gasteiger partial charge < -0.3 is 29.7 Å². The van der Waals surface area contributed by atoms with E-state index in [1.807, 2.05) is 24.3 Å². The summed E-state index contributed by atoms with van der Waals surface area (Å²) in [4.78, 5) is 28.1. The summed E-state index contributed by atoms with van der Waals surface area (Å²) in [5.41, 5.74) is 2.57. The van der Waals surface area contributed by atoms with Crippen LogP contribution in [0.5, 0.6) is 17.2 Å². The fourth-order valence-corrected chi connectivity index (χ4v) is 4.36. The zero-order valence-corrected chi connectivity index (χ0v) is 19.1. The van der Waals surface area contributed by atoms with Gasteiger partial charge in [-0.25, -0.2) is 4.79 Å². The number of piperidine rings is 1. The molecule has 2 aliphatic heterocycles. The lowest BCUT2D eigenvalue weighted by Crippen LogP contribution is -2.42. The van der Waals surface area contributed by atoms with E-state index in [4.69, 9.17) is 14.2 Å². The van der Waals surface area contributed by atoms with Crippen LogP contribution in [0.15, 0.2) is 48.2 Å². The van der Waals surface area contributed by atoms with Crippen LogP contribution in [-0.2, 0) is 0 Å². The minimum atomic E-state index is -0.760. The Morgan fingerprint density at radius 3 is 2.15 bits per heavy atom. The van der Waals surface area contributed by atoms with Gasteiger partial charge >= 0.3 is 6.03 Å². The maximum atomic E-state index is 13.5. The van der Waals surface area contributed by atoms with Crippen molar-refractivity contribution < 1.29 is 23.8 Å². The van der Waals surface area contributed by atoms with E-state index in [9.17, 15) is 9.59 Å². The van der Waals surface area contributed by atoms with Gasteiger partial charge in [-0.15, -0.1) is 0 Å². The number of nitrogens with one attached hydrogen (secondary N) is 2. The van der Waals surface area contributed by atoms with Crippen molar-refractivity contribution in [2.24, 2.45) is 0 Å². The van der Waals surface area contributed by atoms with Crippen LogP contribution < -0.4 is 29.7 Å². The average molecular weight is 452 g/mol. The third-order valence-electron chi connectivity index (χ3n) is 6.10. The molecule has 4 rings (SSSR count). The van der Waals surface area contributed by atoms with Crippen LogP contribution in [0.25, 0.3) is 0 Å². The van der Waals surface area contributed by atoms with Gasteiger partial charge in [0.05, 0.1) is 32.9 Å². The first-order valence-corrected chi connectivity index (χ1v) is 11.0. The number of ketones is 1. The van der Waals surface area contributed by atoms with Crippen LogP contribution in [0, 0.1) is 0 Å². The van der Waals surface area contributed by atoms with Crippen LogP contribution in [0.4, 0.5) is 10.5 Å². The molecule has 8 heteroatoms. The van der Waals surface area contributed by atoms with Crippen molar-refractivity contribution >= 4 is 17.5 Å². The van der Waals surface area contributed by atoms with Gasteiger partial charge in [-0.05, 0) is 43.5 Å². The van der Waals surface area contributed by atoms with Crippen molar-refractivity contribution in [3.8, 4) is 17.2 Å². The predicted octanol–water partition coefficient (Wildman–Crippen LogP) is 3.82. The molecular formula is C25H29N3O5. The summed E-state index contributed by atoms with van der Waals surface area (Å²) >= 11 is 0. The molecule has 0 radical (unpaired) electrons. The van der Waals surface area contributed by atoms with Gasteiger partial charge in [-0.3, -0.25) is 4.79 Å². The van der Waals surface area contributed by atoms with Crippen LogP contribution >= 0.6 is 0 Å². The Kier molecular flexibility index (Phi) is 6.72. The normalized spacial score (nSPS) is 18.0. The first kappa shape index (κ1) is 22.5. The molecule has 0 spiro atoms. The maximum Gasteiger partial charge on any atom is 0.319 e. The smallest absolute Gasteiger partial charge is 0.319 e. The van der Waals surface area contributed by atoms with Gasteiger partial charge in [0, 0.05) is 48.2 Å². The highest BCUT2D eigenvalue weighted by molar-refractivity contribution is 6.11. The Hall–Kier alpha value is -3.68. The molecule has 1 unspecified atom stereocenters. The lowest BCUT2D eigenvalue weighted by atomic mass is 9.90. The Morgan fingerprint density at radius 2 is 1.58 bits per heavy atom. The van der Waals surface area contributed by atoms with Crippen molar-refractivity contribution in [3.63, 3.8) is 0 Å². The monoisotopic (exact) mass is 451 g/mol. The van der Waals surface area contributed by atoms with Gasteiger partial charge in [0.25, 0.3) is 0 Å². The molecular weight excluding hydrogens is 422 g/mol. The molecule has 2 amide bonds. The van der Waals surface area contributed by atoms with E-state index in [2.05, 4.69) is 15.5 Å². The summed E-state index contributed by atoms with van der Waals surface area (Å²) in [7, 11) is 4.58. The van der Waals surface area contributed by atoms with E-state index in [1.165, 1.54) is 39.7 Å². The summed E-state index contributed by atoms with van der Waals surface area (Å²) in [6.45, 7) is 2.07. The molecule has 0 aliphatic carbocycles. The van der Waals surface area contributed by atoms with Crippen LogP contribution in [-0.4, -0.2) is 46.2 Å². The molecule has 0 saturated carbocycles. The molecule has 2 aromatic carbocycles. The van der Waals surface area contributed by atoms with Gasteiger partial charge in [0.1, 0.15) is 17.2 Å². The van der Waals surface area contributed by atoms with Crippen molar-refractivity contribution in [2.45, 2.75) is 25.3 Å². The Bertz CT molecular complexity index is 1030. The van der Waals surface area contributed by atoms with Crippen LogP contribution in [0.1, 0.15) is 41.2 Å². The third kappa shape index (κ3) is 4.60. The molecule has 1 saturated heterocycles. The molecule has 33 heavy (non-hydrogen) atoms. The summed E-state index contributed by atoms with van der Waals surface area (Å²) in [5.74, 6) is 1.23. The molecule has 2 N–H and O–H groups in total. The number of nitrogens with zero attached hydrogens (tertiary/aromatic N) is 1. The van der Waals surface area contributed by atoms with E-state index >= 15 is 0 Å². The van der Waals surface area contributed by atoms with E-state index in [1.54, 1.807) is 19.2 Å². The molecule has 1 fully saturated rings. The SMILES string of the molecule is COc1cc(OC)c(C2NC(=O)NC=C2C(=O)c2ccc(N3CCCCC3)cc2)c(OC)c1. The molecule has 2 heterocycles. The van der Waals surface area contributed by atoms with Gasteiger partial charge in [0.2, 0.25) is 0 Å². The first-order chi connectivity index (χ1) is 16.0. The van der Waals surface area contributed by atoms with Crippen LogP contribution in [0.3, 0.4) is 0 Å². The number of urea groups is 1. The fraction of sp³-hybridized carbons (Fsp3) is 0.360. The molecule has 8 nitrogen and oxygen atoms in total. The Morgan fingerprint density at radius 1 is 0.939 bits per heavy atom. The highest BCUT2D eigenvalue weighted by Crippen LogP contribution is 2.42. The van der Waals surface area contributed by atoms with Gasteiger partial charge in [-0.2, -0.15) is 0 Å². The quantitative estimate of drug-likeness (QED) is 0.622. The second kappa shape index (κ2) is 9.85. The van der Waals surface area contributed by atoms with Crippen LogP contribution in [0.2, 0.25) is 0 Å². The number of methoxy groups -OCH3 is 3. The highest BCUT2D eigenvalue weighted by Gasteiger charge is 2.33. The minimum Gasteiger partial charge on any atom is -0.496 e. The summed E-state index contributed by atoms with van der Waals surface area (Å²) in [6, 6.07) is 9.85. The topological polar surface area (TPSA) is 89.1 Å². The number of hydrogen-bond donors (Lipinski definition) is 2. The van der Waals surface area contributed by atoms with Crippen molar-refractivity contribution in [1.82, 2.24) is 10.6 Å². The minimum absolute atomic E-state index is 0.197. The number of amides is 2. The van der Waals surface area contributed by atoms with Gasteiger partial charge in [0.15, 0.2) is 5.78 Å². The van der Waals surface area contributed by atoms with Crippen molar-refractivity contribution in [2.75, 3.05) is 39.3 Å². The number of ether oxygens (including phenoxy) is 3. The number of benzene rings is 2. The molecule has 2 aliphatic rings. The van der Waals surface area contributed by atoms with Gasteiger partial charge in [-0.1, -0.05) is 0 Å². The predicted molar refractivity (Wildman–Crippen MR) is 125 cm³/mol. The first-order valence-electron chi connectivity index (χ1n) is 11.0. The van der Waals surface area contributed by atoms with E-state index < -0.39 is 12.1 Å². The molecule has 174 valence electrons. The second-order valence-electron chi connectivity index (χ2n) is 8.02. The van der Waals surface area contributed by atoms with E-state index in [0.29, 0.717) is 33.9 Å². The summed E-state index contributed by atoms with van der Waals surface area (Å²) in [6.07, 6.45) is 5.09. The fourth-order valence-electron chi connectivity index (χ4n) is 4.36. The third-order valence-corrected chi connectivity index (χ3v) is 6.10. The lowest BCUT2D eigenvalue weighted by molar-refractivity contribution is 0.102. The second-order valence-corrected chi connectivity index (χ2v) is 8.02.